The molecular weight excluding hydrogens is 371 g/mol. The van der Waals surface area contributed by atoms with Crippen LogP contribution in [-0.2, 0) is 20.9 Å². The molecule has 0 saturated carbocycles. The van der Waals surface area contributed by atoms with Crippen LogP contribution in [0.2, 0.25) is 0 Å². The topological polar surface area (TPSA) is 63.7 Å². The molecule has 0 unspecified atom stereocenters. The maximum Gasteiger partial charge on any atom is 0.416 e. The van der Waals surface area contributed by atoms with Gasteiger partial charge >= 0.3 is 12.1 Å². The molecule has 0 heterocycles. The Morgan fingerprint density at radius 1 is 1.12 bits per heavy atom. The van der Waals surface area contributed by atoms with Gasteiger partial charge in [0, 0.05) is 6.54 Å². The van der Waals surface area contributed by atoms with Crippen LogP contribution >= 0.6 is 0 Å². The number of benzene rings is 2. The van der Waals surface area contributed by atoms with E-state index in [0.717, 1.165) is 34.6 Å². The maximum absolute atomic E-state index is 12.9. The van der Waals surface area contributed by atoms with Crippen molar-refractivity contribution in [2.45, 2.75) is 18.0 Å². The van der Waals surface area contributed by atoms with Gasteiger partial charge in [-0.1, -0.05) is 6.07 Å². The number of carbonyl (C=O) groups excluding carboxylic acids is 1. The predicted octanol–water partition coefficient (Wildman–Crippen LogP) is 3.71. The highest BCUT2D eigenvalue weighted by molar-refractivity contribution is 7.92. The first-order valence-corrected chi connectivity index (χ1v) is 8.93. The van der Waals surface area contributed by atoms with Gasteiger partial charge in [0.1, 0.15) is 0 Å². The number of hydrogen-bond acceptors (Lipinski definition) is 4. The van der Waals surface area contributed by atoms with E-state index in [1.54, 1.807) is 6.92 Å². The number of methoxy groups -OCH3 is 1. The second kappa shape index (κ2) is 7.36. The van der Waals surface area contributed by atoms with Crippen LogP contribution in [0.4, 0.5) is 18.9 Å². The van der Waals surface area contributed by atoms with Crippen LogP contribution in [0.15, 0.2) is 53.4 Å². The second-order valence-corrected chi connectivity index (χ2v) is 7.10. The summed E-state index contributed by atoms with van der Waals surface area (Å²) >= 11 is 0. The van der Waals surface area contributed by atoms with Gasteiger partial charge in [0.05, 0.1) is 28.8 Å². The first kappa shape index (κ1) is 19.8. The highest BCUT2D eigenvalue weighted by atomic mass is 32.2. The molecular formula is C17H16F3NO4S. The smallest absolute Gasteiger partial charge is 0.416 e. The second-order valence-electron chi connectivity index (χ2n) is 5.23. The molecule has 9 heteroatoms. The van der Waals surface area contributed by atoms with E-state index in [1.165, 1.54) is 25.3 Å². The van der Waals surface area contributed by atoms with Crippen molar-refractivity contribution in [3.8, 4) is 0 Å². The number of sulfonamides is 1. The fourth-order valence-electron chi connectivity index (χ4n) is 2.34. The Balaban J connectivity index is 2.44. The summed E-state index contributed by atoms with van der Waals surface area (Å²) in [6, 6.07) is 9.07. The van der Waals surface area contributed by atoms with E-state index in [1.807, 2.05) is 0 Å². The van der Waals surface area contributed by atoms with Gasteiger partial charge in [0.15, 0.2) is 0 Å². The molecule has 0 N–H and O–H groups in total. The molecule has 0 spiro atoms. The van der Waals surface area contributed by atoms with Crippen LogP contribution < -0.4 is 4.31 Å². The molecule has 26 heavy (non-hydrogen) atoms. The Morgan fingerprint density at radius 2 is 1.73 bits per heavy atom. The third-order valence-electron chi connectivity index (χ3n) is 3.61. The third-order valence-corrected chi connectivity index (χ3v) is 5.51. The largest absolute Gasteiger partial charge is 0.465 e. The summed E-state index contributed by atoms with van der Waals surface area (Å²) in [6.45, 7) is 1.55. The molecule has 2 aromatic rings. The summed E-state index contributed by atoms with van der Waals surface area (Å²) < 4.78 is 69.3. The van der Waals surface area contributed by atoms with Gasteiger partial charge in [0.25, 0.3) is 10.0 Å². The van der Waals surface area contributed by atoms with Gasteiger partial charge in [-0.3, -0.25) is 4.31 Å². The summed E-state index contributed by atoms with van der Waals surface area (Å²) in [7, 11) is -2.90. The molecule has 2 aromatic carbocycles. The number of hydrogen-bond donors (Lipinski definition) is 0. The molecule has 0 radical (unpaired) electrons. The lowest BCUT2D eigenvalue weighted by Crippen LogP contribution is -2.31. The number of anilines is 1. The maximum atomic E-state index is 12.9. The predicted molar refractivity (Wildman–Crippen MR) is 89.4 cm³/mol. The SMILES string of the molecule is CCN(c1ccc(C(F)(F)F)cc1)S(=O)(=O)c1cccc(C(=O)OC)c1. The van der Waals surface area contributed by atoms with Gasteiger partial charge < -0.3 is 4.74 Å². The zero-order valence-electron chi connectivity index (χ0n) is 13.9. The molecule has 140 valence electrons. The van der Waals surface area contributed by atoms with Gasteiger partial charge in [-0.05, 0) is 49.4 Å². The molecule has 2 rings (SSSR count). The molecule has 0 fully saturated rings. The summed E-state index contributed by atoms with van der Waals surface area (Å²) in [5, 5.41) is 0. The highest BCUT2D eigenvalue weighted by Gasteiger charge is 2.31. The van der Waals surface area contributed by atoms with Gasteiger partial charge in [-0.15, -0.1) is 0 Å². The molecule has 0 aliphatic carbocycles. The fourth-order valence-corrected chi connectivity index (χ4v) is 3.86. The Labute approximate surface area is 149 Å². The van der Waals surface area contributed by atoms with E-state index in [4.69, 9.17) is 0 Å². The number of halogens is 3. The van der Waals surface area contributed by atoms with E-state index in [2.05, 4.69) is 4.74 Å². The van der Waals surface area contributed by atoms with E-state index >= 15 is 0 Å². The minimum atomic E-state index is -4.51. The molecule has 0 aliphatic rings. The van der Waals surface area contributed by atoms with Crippen LogP contribution in [0.3, 0.4) is 0 Å². The number of rotatable bonds is 5. The summed E-state index contributed by atoms with van der Waals surface area (Å²) in [6.07, 6.45) is -4.51. The summed E-state index contributed by atoms with van der Waals surface area (Å²) in [4.78, 5) is 11.4. The Morgan fingerprint density at radius 3 is 2.23 bits per heavy atom. The minimum absolute atomic E-state index is 0.00382. The average Bonchev–Trinajstić information content (AvgIpc) is 2.61. The third kappa shape index (κ3) is 3.98. The van der Waals surface area contributed by atoms with Crippen LogP contribution in [0, 0.1) is 0 Å². The van der Waals surface area contributed by atoms with Crippen molar-refractivity contribution in [1.82, 2.24) is 0 Å². The fraction of sp³-hybridized carbons (Fsp3) is 0.235. The molecule has 0 aliphatic heterocycles. The summed E-state index contributed by atoms with van der Waals surface area (Å²) in [5.41, 5.74) is -0.733. The van der Waals surface area contributed by atoms with Crippen LogP contribution in [0.1, 0.15) is 22.8 Å². The zero-order valence-corrected chi connectivity index (χ0v) is 14.8. The number of ether oxygens (including phenoxy) is 1. The van der Waals surface area contributed by atoms with Crippen LogP contribution in [-0.4, -0.2) is 28.0 Å². The van der Waals surface area contributed by atoms with Crippen LogP contribution in [0.25, 0.3) is 0 Å². The van der Waals surface area contributed by atoms with Crippen molar-refractivity contribution in [3.05, 3.63) is 59.7 Å². The number of carbonyl (C=O) groups is 1. The number of esters is 1. The molecule has 0 amide bonds. The zero-order chi connectivity index (χ0) is 19.5. The number of nitrogens with zero attached hydrogens (tertiary/aromatic N) is 1. The number of alkyl halides is 3. The molecule has 5 nitrogen and oxygen atoms in total. The molecule has 0 bridgehead atoms. The Kier molecular flexibility index (Phi) is 5.60. The average molecular weight is 387 g/mol. The molecule has 0 atom stereocenters. The minimum Gasteiger partial charge on any atom is -0.465 e. The van der Waals surface area contributed by atoms with Gasteiger partial charge in [0.2, 0.25) is 0 Å². The van der Waals surface area contributed by atoms with Gasteiger partial charge in [-0.2, -0.15) is 13.2 Å². The van der Waals surface area contributed by atoms with E-state index in [9.17, 15) is 26.4 Å². The van der Waals surface area contributed by atoms with Crippen molar-refractivity contribution in [1.29, 1.82) is 0 Å². The van der Waals surface area contributed by atoms with Gasteiger partial charge in [-0.25, -0.2) is 13.2 Å². The Bertz CT molecular complexity index is 893. The van der Waals surface area contributed by atoms with Crippen molar-refractivity contribution in [3.63, 3.8) is 0 Å². The van der Waals surface area contributed by atoms with Crippen molar-refractivity contribution < 1.29 is 31.1 Å². The van der Waals surface area contributed by atoms with Crippen molar-refractivity contribution in [2.24, 2.45) is 0 Å². The Hall–Kier alpha value is -2.55. The normalized spacial score (nSPS) is 11.9. The lowest BCUT2D eigenvalue weighted by atomic mass is 10.2. The highest BCUT2D eigenvalue weighted by Crippen LogP contribution is 2.31. The first-order chi connectivity index (χ1) is 12.1. The monoisotopic (exact) mass is 387 g/mol. The quantitative estimate of drug-likeness (QED) is 0.734. The van der Waals surface area contributed by atoms with Crippen molar-refractivity contribution in [2.75, 3.05) is 18.0 Å². The lowest BCUT2D eigenvalue weighted by molar-refractivity contribution is -0.137. The lowest BCUT2D eigenvalue weighted by Gasteiger charge is -2.23. The van der Waals surface area contributed by atoms with Crippen molar-refractivity contribution >= 4 is 21.7 Å². The first-order valence-electron chi connectivity index (χ1n) is 7.49. The van der Waals surface area contributed by atoms with E-state index in [0.29, 0.717) is 0 Å². The van der Waals surface area contributed by atoms with E-state index in [-0.39, 0.29) is 22.7 Å². The summed E-state index contributed by atoms with van der Waals surface area (Å²) in [5.74, 6) is -0.695. The van der Waals surface area contributed by atoms with Crippen LogP contribution in [0.5, 0.6) is 0 Å². The molecule has 0 saturated heterocycles. The standard InChI is InChI=1S/C17H16F3NO4S/c1-3-21(14-9-7-13(8-10-14)17(18,19)20)26(23,24)15-6-4-5-12(11-15)16(22)25-2/h4-11H,3H2,1-2H3. The van der Waals surface area contributed by atoms with E-state index < -0.39 is 27.7 Å². The molecule has 0 aromatic heterocycles.